The molecule has 0 bridgehead atoms. The SMILES string of the molecule is Cc1ccccc1CNC(=O)[C@H]1N(C(=O)[C@@H](O)C(Cc2ccccc2)NC(=O)c2ccccc2)CSC1(C)C. The lowest BCUT2D eigenvalue weighted by molar-refractivity contribution is -0.147. The van der Waals surface area contributed by atoms with Crippen molar-refractivity contribution in [2.45, 2.75) is 56.7 Å². The fourth-order valence-electron chi connectivity index (χ4n) is 4.79. The predicted octanol–water partition coefficient (Wildman–Crippen LogP) is 3.69. The largest absolute Gasteiger partial charge is 0.381 e. The van der Waals surface area contributed by atoms with Gasteiger partial charge in [-0.25, -0.2) is 0 Å². The maximum absolute atomic E-state index is 13.8. The molecular weight excluding hydrogens is 510 g/mol. The van der Waals surface area contributed by atoms with E-state index in [0.29, 0.717) is 12.1 Å². The van der Waals surface area contributed by atoms with Gasteiger partial charge in [0.1, 0.15) is 6.04 Å². The number of aliphatic hydroxyl groups is 1. The lowest BCUT2D eigenvalue weighted by Gasteiger charge is -2.33. The van der Waals surface area contributed by atoms with E-state index >= 15 is 0 Å². The third-order valence-corrected chi connectivity index (χ3v) is 8.45. The first-order valence-electron chi connectivity index (χ1n) is 13.0. The quantitative estimate of drug-likeness (QED) is 0.381. The van der Waals surface area contributed by atoms with Crippen LogP contribution in [0.4, 0.5) is 0 Å². The summed E-state index contributed by atoms with van der Waals surface area (Å²) in [5, 5.41) is 17.2. The number of aryl methyl sites for hydroxylation is 1. The van der Waals surface area contributed by atoms with Gasteiger partial charge in [-0.05, 0) is 56.0 Å². The highest BCUT2D eigenvalue weighted by molar-refractivity contribution is 8.00. The van der Waals surface area contributed by atoms with E-state index in [1.165, 1.54) is 16.7 Å². The molecule has 1 unspecified atom stereocenters. The molecule has 7 nitrogen and oxygen atoms in total. The van der Waals surface area contributed by atoms with E-state index in [1.807, 2.05) is 81.4 Å². The molecule has 1 aliphatic heterocycles. The third-order valence-electron chi connectivity index (χ3n) is 7.08. The summed E-state index contributed by atoms with van der Waals surface area (Å²) in [4.78, 5) is 41.6. The van der Waals surface area contributed by atoms with Gasteiger partial charge in [-0.15, -0.1) is 11.8 Å². The maximum Gasteiger partial charge on any atom is 0.254 e. The second-order valence-electron chi connectivity index (χ2n) is 10.3. The molecule has 8 heteroatoms. The first-order chi connectivity index (χ1) is 18.7. The lowest BCUT2D eigenvalue weighted by atomic mass is 9.96. The molecule has 4 rings (SSSR count). The molecule has 0 aromatic heterocycles. The van der Waals surface area contributed by atoms with Gasteiger partial charge in [0.05, 0.1) is 11.9 Å². The molecule has 1 saturated heterocycles. The van der Waals surface area contributed by atoms with Gasteiger partial charge in [0.2, 0.25) is 5.91 Å². The minimum atomic E-state index is -1.54. The van der Waals surface area contributed by atoms with Gasteiger partial charge in [0.25, 0.3) is 11.8 Å². The molecule has 3 aromatic carbocycles. The summed E-state index contributed by atoms with van der Waals surface area (Å²) in [6.07, 6.45) is -1.29. The zero-order chi connectivity index (χ0) is 28.0. The molecule has 0 aliphatic carbocycles. The molecule has 0 saturated carbocycles. The Morgan fingerprint density at radius 2 is 1.59 bits per heavy atom. The summed E-state index contributed by atoms with van der Waals surface area (Å²) in [6.45, 7) is 6.18. The first kappa shape index (κ1) is 28.4. The molecule has 39 heavy (non-hydrogen) atoms. The highest BCUT2D eigenvalue weighted by Gasteiger charge is 2.49. The monoisotopic (exact) mass is 545 g/mol. The number of carbonyl (C=O) groups excluding carboxylic acids is 3. The summed E-state index contributed by atoms with van der Waals surface area (Å²) >= 11 is 1.49. The van der Waals surface area contributed by atoms with Crippen LogP contribution in [0.1, 0.15) is 40.9 Å². The molecule has 1 fully saturated rings. The molecule has 3 atom stereocenters. The number of benzene rings is 3. The van der Waals surface area contributed by atoms with E-state index in [2.05, 4.69) is 10.6 Å². The third kappa shape index (κ3) is 6.88. The van der Waals surface area contributed by atoms with Crippen LogP contribution < -0.4 is 10.6 Å². The van der Waals surface area contributed by atoms with E-state index in [4.69, 9.17) is 0 Å². The number of thioether (sulfide) groups is 1. The predicted molar refractivity (Wildman–Crippen MR) is 154 cm³/mol. The first-order valence-corrected chi connectivity index (χ1v) is 14.0. The number of aliphatic hydroxyl groups excluding tert-OH is 1. The van der Waals surface area contributed by atoms with Crippen molar-refractivity contribution >= 4 is 29.5 Å². The Labute approximate surface area is 234 Å². The number of rotatable bonds is 9. The van der Waals surface area contributed by atoms with Gasteiger partial charge >= 0.3 is 0 Å². The van der Waals surface area contributed by atoms with Crippen LogP contribution >= 0.6 is 11.8 Å². The number of hydrogen-bond acceptors (Lipinski definition) is 5. The van der Waals surface area contributed by atoms with Gasteiger partial charge in [0, 0.05) is 16.9 Å². The Bertz CT molecular complexity index is 1300. The van der Waals surface area contributed by atoms with Gasteiger partial charge in [0.15, 0.2) is 6.10 Å². The van der Waals surface area contributed by atoms with Gasteiger partial charge in [-0.2, -0.15) is 0 Å². The molecule has 3 N–H and O–H groups in total. The Hall–Kier alpha value is -3.62. The van der Waals surface area contributed by atoms with Crippen LogP contribution in [0.25, 0.3) is 0 Å². The summed E-state index contributed by atoms with van der Waals surface area (Å²) in [5.41, 5.74) is 3.37. The Kier molecular flexibility index (Phi) is 9.09. The van der Waals surface area contributed by atoms with Crippen LogP contribution in [-0.4, -0.2) is 56.5 Å². The van der Waals surface area contributed by atoms with Crippen molar-refractivity contribution in [3.63, 3.8) is 0 Å². The van der Waals surface area contributed by atoms with Crippen molar-refractivity contribution in [1.29, 1.82) is 0 Å². The maximum atomic E-state index is 13.8. The van der Waals surface area contributed by atoms with Crippen LogP contribution in [0.15, 0.2) is 84.9 Å². The van der Waals surface area contributed by atoms with E-state index in [1.54, 1.807) is 24.3 Å². The zero-order valence-electron chi connectivity index (χ0n) is 22.5. The van der Waals surface area contributed by atoms with Crippen LogP contribution in [0, 0.1) is 6.92 Å². The van der Waals surface area contributed by atoms with Gasteiger partial charge in [-0.1, -0.05) is 72.8 Å². The van der Waals surface area contributed by atoms with Crippen LogP contribution in [0.2, 0.25) is 0 Å². The number of hydrogen-bond donors (Lipinski definition) is 3. The lowest BCUT2D eigenvalue weighted by Crippen LogP contribution is -2.58. The molecular formula is C31H35N3O4S. The summed E-state index contributed by atoms with van der Waals surface area (Å²) < 4.78 is -0.562. The zero-order valence-corrected chi connectivity index (χ0v) is 23.3. The average Bonchev–Trinajstić information content (AvgIpc) is 3.27. The van der Waals surface area contributed by atoms with Crippen molar-refractivity contribution in [2.24, 2.45) is 0 Å². The van der Waals surface area contributed by atoms with Gasteiger partial charge in [-0.3, -0.25) is 14.4 Å². The van der Waals surface area contributed by atoms with Crippen LogP contribution in [0.5, 0.6) is 0 Å². The molecule has 1 heterocycles. The summed E-state index contributed by atoms with van der Waals surface area (Å²) in [6, 6.07) is 24.2. The highest BCUT2D eigenvalue weighted by atomic mass is 32.2. The molecule has 204 valence electrons. The van der Waals surface area contributed by atoms with E-state index in [0.717, 1.165) is 16.7 Å². The summed E-state index contributed by atoms with van der Waals surface area (Å²) in [5.74, 6) is -0.983. The van der Waals surface area contributed by atoms with Crippen molar-refractivity contribution in [3.8, 4) is 0 Å². The second kappa shape index (κ2) is 12.5. The Morgan fingerprint density at radius 1 is 0.974 bits per heavy atom. The van der Waals surface area contributed by atoms with E-state index < -0.39 is 28.8 Å². The number of amides is 3. The molecule has 3 aromatic rings. The van der Waals surface area contributed by atoms with Gasteiger partial charge < -0.3 is 20.6 Å². The summed E-state index contributed by atoms with van der Waals surface area (Å²) in [7, 11) is 0. The van der Waals surface area contributed by atoms with Crippen LogP contribution in [-0.2, 0) is 22.6 Å². The number of nitrogens with zero attached hydrogens (tertiary/aromatic N) is 1. The van der Waals surface area contributed by atoms with Crippen molar-refractivity contribution in [2.75, 3.05) is 5.88 Å². The number of carbonyl (C=O) groups is 3. The van der Waals surface area contributed by atoms with E-state index in [9.17, 15) is 19.5 Å². The second-order valence-corrected chi connectivity index (χ2v) is 11.9. The van der Waals surface area contributed by atoms with Crippen molar-refractivity contribution in [3.05, 3.63) is 107 Å². The molecule has 0 radical (unpaired) electrons. The normalized spacial score (nSPS) is 17.7. The Balaban J connectivity index is 1.53. The number of nitrogens with one attached hydrogen (secondary N) is 2. The molecule has 1 aliphatic rings. The van der Waals surface area contributed by atoms with Crippen molar-refractivity contribution < 1.29 is 19.5 Å². The fraction of sp³-hybridized carbons (Fsp3) is 0.323. The minimum Gasteiger partial charge on any atom is -0.381 e. The average molecular weight is 546 g/mol. The molecule has 3 amide bonds. The fourth-order valence-corrected chi connectivity index (χ4v) is 5.93. The standard InChI is InChI=1S/C31H35N3O4S/c1-21-12-10-11-17-24(21)19-32-29(37)27-31(2,3)39-20-34(27)30(38)26(35)25(18-22-13-6-4-7-14-22)33-28(36)23-15-8-5-9-16-23/h4-17,25-27,35H,18-20H2,1-3H3,(H,32,37)(H,33,36)/t25?,26-,27+/m0/s1. The van der Waals surface area contributed by atoms with E-state index in [-0.39, 0.29) is 24.1 Å². The Morgan fingerprint density at radius 3 is 2.26 bits per heavy atom. The highest BCUT2D eigenvalue weighted by Crippen LogP contribution is 2.40. The van der Waals surface area contributed by atoms with Crippen LogP contribution in [0.3, 0.4) is 0 Å². The van der Waals surface area contributed by atoms with Crippen molar-refractivity contribution in [1.82, 2.24) is 15.5 Å². The smallest absolute Gasteiger partial charge is 0.254 e. The minimum absolute atomic E-state index is 0.251. The molecule has 0 spiro atoms. The topological polar surface area (TPSA) is 98.7 Å².